The molecule has 0 spiro atoms. The van der Waals surface area contributed by atoms with E-state index in [1.54, 1.807) is 157 Å². The molecule has 0 aliphatic carbocycles. The van der Waals surface area contributed by atoms with Crippen LogP contribution >= 0.6 is 0 Å². The van der Waals surface area contributed by atoms with Gasteiger partial charge in [0.1, 0.15) is 65.8 Å². The molecule has 12 aromatic rings. The van der Waals surface area contributed by atoms with Crippen LogP contribution in [0.2, 0.25) is 0 Å². The third-order valence-corrected chi connectivity index (χ3v) is 23.6. The van der Waals surface area contributed by atoms with Gasteiger partial charge >= 0.3 is 65.7 Å². The molecule has 27 heteroatoms. The first-order valence-corrected chi connectivity index (χ1v) is 44.8. The Morgan fingerprint density at radius 1 is 0.279 bits per heavy atom. The summed E-state index contributed by atoms with van der Waals surface area (Å²) in [6.07, 6.45) is 4.61. The maximum Gasteiger partial charge on any atom is 0.352 e. The minimum absolute atomic E-state index is 0.0224. The molecule has 722 valence electrons. The number of hydrogen-bond acceptors (Lipinski definition) is 27. The van der Waals surface area contributed by atoms with Crippen LogP contribution < -0.4 is 9.47 Å². The van der Waals surface area contributed by atoms with E-state index >= 15 is 0 Å². The number of esters is 11. The van der Waals surface area contributed by atoms with E-state index in [2.05, 4.69) is 0 Å². The fraction of sp³-hybridized carbons (Fsp3) is 0.349. The number of ether oxygens (including phenoxy) is 10. The summed E-state index contributed by atoms with van der Waals surface area (Å²) in [7, 11) is 0. The van der Waals surface area contributed by atoms with Crippen LogP contribution in [0, 0.1) is 32.5 Å². The van der Waals surface area contributed by atoms with Crippen molar-refractivity contribution in [1.29, 1.82) is 0 Å². The summed E-state index contributed by atoms with van der Waals surface area (Å²) in [4.78, 5) is 131. The standard InChI is InChI=1S/2C19H20O6.C18H20O5.C18H22O4.C18H22O3.C17H20O3/c1-4-19(2,3)18(23)24-11-16(21)25-17(22)14-9-5-8-13-12(14)7-6-10-15(13)20;1-4-19(2,3)18(23)24-11-16(21)25-17(22)14-6-5-13-10-15(20)8-7-12(13)9-14;1-4-18(2,3)17(21)22-11-16(20)23-15-8-6-12-9-14(19)7-5-13(12)10-15;1-4-18(2,3)17(20)22-12-11-21-16-10-6-7-13-14(16)8-5-9-15(13)19;1-4-18(2,3)17(20)21-12-11-13-7-5-9-15-14(13)8-6-10-16(15)19;1-4-17(2,3)16(19)20-11-12-7-5-9-14-13(12)8-6-10-15(14)18/h2*5-10,20H,4,11H2,1-3H3;5-10,19H,4,11H2,1-3H3;5-10,19H,4,11-12H2,1-3H3;5-10,19H,4,11-12H2,1-3H3;5-10,18H,4,11H2,1-3H3. The Morgan fingerprint density at radius 2 is 0.610 bits per heavy atom. The Labute approximate surface area is 791 Å². The summed E-state index contributed by atoms with van der Waals surface area (Å²) in [5, 5.41) is 67.4. The van der Waals surface area contributed by atoms with Crippen molar-refractivity contribution >= 4 is 130 Å². The van der Waals surface area contributed by atoms with Gasteiger partial charge in [-0.2, -0.15) is 0 Å². The van der Waals surface area contributed by atoms with Crippen molar-refractivity contribution in [3.63, 3.8) is 0 Å². The van der Waals surface area contributed by atoms with E-state index in [4.69, 9.17) is 47.4 Å². The van der Waals surface area contributed by atoms with Gasteiger partial charge in [-0.05, 0) is 255 Å². The molecule has 0 amide bonds. The van der Waals surface area contributed by atoms with E-state index in [9.17, 15) is 83.4 Å². The van der Waals surface area contributed by atoms with E-state index in [1.807, 2.05) is 162 Å². The average molecular weight is 1870 g/mol. The van der Waals surface area contributed by atoms with Gasteiger partial charge in [0, 0.05) is 33.4 Å². The molecule has 0 saturated heterocycles. The number of carbonyl (C=O) groups excluding carboxylic acids is 11. The van der Waals surface area contributed by atoms with E-state index < -0.39 is 100 Å². The summed E-state index contributed by atoms with van der Waals surface area (Å²) < 4.78 is 51.1. The van der Waals surface area contributed by atoms with Crippen molar-refractivity contribution in [1.82, 2.24) is 0 Å². The number of hydrogen-bond donors (Lipinski definition) is 6. The zero-order valence-electron chi connectivity index (χ0n) is 80.4. The molecule has 0 aliphatic rings. The van der Waals surface area contributed by atoms with Gasteiger partial charge in [-0.25, -0.2) is 24.0 Å². The fourth-order valence-electron chi connectivity index (χ4n) is 12.2. The van der Waals surface area contributed by atoms with Crippen molar-refractivity contribution in [3.8, 4) is 46.0 Å². The van der Waals surface area contributed by atoms with Crippen LogP contribution in [0.4, 0.5) is 0 Å². The largest absolute Gasteiger partial charge is 0.508 e. The molecule has 0 fully saturated rings. The zero-order chi connectivity index (χ0) is 101. The van der Waals surface area contributed by atoms with Gasteiger partial charge < -0.3 is 78.0 Å². The number of phenolic OH excluding ortho intramolecular Hbond substituents is 6. The summed E-state index contributed by atoms with van der Waals surface area (Å²) in [5.41, 5.74) is -1.09. The Bertz CT molecular complexity index is 6250. The van der Waals surface area contributed by atoms with Gasteiger partial charge in [0.2, 0.25) is 0 Å². The number of rotatable bonds is 30. The number of fused-ring (bicyclic) bond motifs is 6. The van der Waals surface area contributed by atoms with E-state index in [-0.39, 0.29) is 83.4 Å². The maximum absolute atomic E-state index is 12.2. The summed E-state index contributed by atoms with van der Waals surface area (Å²) in [5.74, 6) is -4.19. The summed E-state index contributed by atoms with van der Waals surface area (Å²) >= 11 is 0. The molecule has 12 rings (SSSR count). The second-order valence-electron chi connectivity index (χ2n) is 35.9. The molecule has 0 aliphatic heterocycles. The lowest BCUT2D eigenvalue weighted by atomic mass is 9.91. The Hall–Kier alpha value is -14.6. The zero-order valence-corrected chi connectivity index (χ0v) is 80.4. The predicted molar refractivity (Wildman–Crippen MR) is 518 cm³/mol. The highest BCUT2D eigenvalue weighted by Crippen LogP contribution is 2.36. The van der Waals surface area contributed by atoms with Crippen LogP contribution in [0.5, 0.6) is 46.0 Å². The fourth-order valence-corrected chi connectivity index (χ4v) is 12.2. The maximum atomic E-state index is 12.2. The van der Waals surface area contributed by atoms with Crippen molar-refractivity contribution in [2.75, 3.05) is 39.6 Å². The van der Waals surface area contributed by atoms with Crippen LogP contribution in [0.15, 0.2) is 218 Å². The Morgan fingerprint density at radius 3 is 1.07 bits per heavy atom. The number of aromatic hydroxyl groups is 6. The molecule has 0 saturated carbocycles. The van der Waals surface area contributed by atoms with Crippen molar-refractivity contribution in [2.24, 2.45) is 32.5 Å². The van der Waals surface area contributed by atoms with Crippen LogP contribution in [0.25, 0.3) is 64.6 Å². The van der Waals surface area contributed by atoms with Crippen molar-refractivity contribution in [2.45, 2.75) is 176 Å². The van der Waals surface area contributed by atoms with Crippen LogP contribution in [-0.2, 0) is 94.1 Å². The highest BCUT2D eigenvalue weighted by Gasteiger charge is 2.33. The van der Waals surface area contributed by atoms with Gasteiger partial charge in [0.05, 0.1) is 50.2 Å². The van der Waals surface area contributed by atoms with Crippen molar-refractivity contribution < 1.29 is 131 Å². The van der Waals surface area contributed by atoms with Gasteiger partial charge in [0.15, 0.2) is 19.8 Å². The Balaban J connectivity index is 0.000000223. The predicted octanol–water partition coefficient (Wildman–Crippen LogP) is 21.8. The van der Waals surface area contributed by atoms with Crippen LogP contribution in [0.3, 0.4) is 0 Å². The SMILES string of the molecule is CCC(C)(C)C(=O)OCC(=O)OC(=O)c1ccc2cc(O)ccc2c1.CCC(C)(C)C(=O)OCC(=O)OC(=O)c1cccc2c(O)cccc12.CCC(C)(C)C(=O)OCC(=O)Oc1ccc2cc(O)ccc2c1.CCC(C)(C)C(=O)OCCOc1cccc2c(O)cccc12.CCC(C)(C)C(=O)OCCc1cccc2c(O)cccc12.CCC(C)(C)C(=O)OCc1cccc2c(O)cccc12. The molecule has 27 nitrogen and oxygen atoms in total. The van der Waals surface area contributed by atoms with E-state index in [0.717, 1.165) is 84.3 Å². The summed E-state index contributed by atoms with van der Waals surface area (Å²) in [6.45, 7) is 32.5. The lowest BCUT2D eigenvalue weighted by Crippen LogP contribution is -2.29. The number of carbonyl (C=O) groups is 11. The van der Waals surface area contributed by atoms with Crippen LogP contribution in [-0.4, -0.2) is 136 Å². The molecule has 0 unspecified atom stereocenters. The minimum atomic E-state index is -0.956. The number of benzene rings is 12. The van der Waals surface area contributed by atoms with E-state index in [1.165, 1.54) is 24.3 Å². The molecular weight excluding hydrogens is 1740 g/mol. The second-order valence-corrected chi connectivity index (χ2v) is 35.9. The quantitative estimate of drug-likeness (QED) is 0.00800. The topological polar surface area (TPSA) is 401 Å². The summed E-state index contributed by atoms with van der Waals surface area (Å²) in [6, 6.07) is 61.8. The first-order chi connectivity index (χ1) is 64.2. The molecule has 136 heavy (non-hydrogen) atoms. The van der Waals surface area contributed by atoms with E-state index in [0.29, 0.717) is 54.6 Å². The molecular formula is C109H124O27. The Kier molecular flexibility index (Phi) is 39.4. The minimum Gasteiger partial charge on any atom is -0.508 e. The molecule has 6 N–H and O–H groups in total. The lowest BCUT2D eigenvalue weighted by molar-refractivity contribution is -0.162. The van der Waals surface area contributed by atoms with Gasteiger partial charge in [-0.15, -0.1) is 0 Å². The van der Waals surface area contributed by atoms with Crippen molar-refractivity contribution in [3.05, 3.63) is 241 Å². The molecule has 0 radical (unpaired) electrons. The van der Waals surface area contributed by atoms with Gasteiger partial charge in [-0.3, -0.25) is 28.8 Å². The normalized spacial score (nSPS) is 11.3. The monoisotopic (exact) mass is 1860 g/mol. The molecule has 0 heterocycles. The molecule has 0 aromatic heterocycles. The highest BCUT2D eigenvalue weighted by molar-refractivity contribution is 6.09. The number of phenols is 6. The third-order valence-electron chi connectivity index (χ3n) is 23.6. The highest BCUT2D eigenvalue weighted by atomic mass is 16.6. The van der Waals surface area contributed by atoms with Crippen LogP contribution in [0.1, 0.15) is 195 Å². The van der Waals surface area contributed by atoms with Gasteiger partial charge in [-0.1, -0.05) is 175 Å². The smallest absolute Gasteiger partial charge is 0.352 e. The second kappa shape index (κ2) is 49.4. The first kappa shape index (κ1) is 108. The third kappa shape index (κ3) is 31.0. The molecule has 0 atom stereocenters. The first-order valence-electron chi connectivity index (χ1n) is 44.8. The van der Waals surface area contributed by atoms with Gasteiger partial charge in [0.25, 0.3) is 0 Å². The lowest BCUT2D eigenvalue weighted by Gasteiger charge is -2.20. The molecule has 12 aromatic carbocycles. The molecule has 0 bridgehead atoms. The average Bonchev–Trinajstić information content (AvgIpc) is 0.814.